The van der Waals surface area contributed by atoms with Gasteiger partial charge < -0.3 is 10.3 Å². The molecule has 1 aromatic carbocycles. The Bertz CT molecular complexity index is 510. The van der Waals surface area contributed by atoms with Gasteiger partial charge in [-0.15, -0.1) is 0 Å². The lowest BCUT2D eigenvalue weighted by Crippen LogP contribution is -1.89. The number of benzene rings is 1. The van der Waals surface area contributed by atoms with Crippen LogP contribution in [0.3, 0.4) is 0 Å². The Kier molecular flexibility index (Phi) is 2.48. The highest BCUT2D eigenvalue weighted by Gasteiger charge is 2.16. The number of nitrogen functional groups attached to an aromatic ring is 1. The van der Waals surface area contributed by atoms with Crippen LogP contribution >= 0.6 is 15.9 Å². The fraction of sp³-hybridized carbons (Fsp3) is 0.100. The maximum atomic E-state index is 13.7. The van der Waals surface area contributed by atoms with Crippen molar-refractivity contribution in [1.82, 2.24) is 5.16 Å². The molecule has 2 aromatic rings. The van der Waals surface area contributed by atoms with Gasteiger partial charge in [-0.25, -0.2) is 4.39 Å². The van der Waals surface area contributed by atoms with Gasteiger partial charge in [-0.2, -0.15) is 0 Å². The van der Waals surface area contributed by atoms with Crippen LogP contribution in [0.25, 0.3) is 11.3 Å². The zero-order valence-corrected chi connectivity index (χ0v) is 9.51. The number of nitrogens with zero attached hydrogens (tertiary/aromatic N) is 1. The van der Waals surface area contributed by atoms with Gasteiger partial charge in [-0.05, 0) is 35.0 Å². The normalized spacial score (nSPS) is 10.6. The molecule has 5 heteroatoms. The van der Waals surface area contributed by atoms with Crippen molar-refractivity contribution in [2.45, 2.75) is 6.92 Å². The summed E-state index contributed by atoms with van der Waals surface area (Å²) in [6.07, 6.45) is 0. The van der Waals surface area contributed by atoms with Crippen LogP contribution in [-0.4, -0.2) is 5.16 Å². The largest absolute Gasteiger partial charge is 0.367 e. The number of anilines is 1. The molecule has 0 radical (unpaired) electrons. The Morgan fingerprint density at radius 3 is 2.80 bits per heavy atom. The predicted molar refractivity (Wildman–Crippen MR) is 58.7 cm³/mol. The highest BCUT2D eigenvalue weighted by Crippen LogP contribution is 2.31. The van der Waals surface area contributed by atoms with Crippen molar-refractivity contribution in [3.05, 3.63) is 34.1 Å². The van der Waals surface area contributed by atoms with E-state index >= 15 is 0 Å². The minimum atomic E-state index is -0.367. The lowest BCUT2D eigenvalue weighted by molar-refractivity contribution is 0.438. The van der Waals surface area contributed by atoms with Crippen LogP contribution in [0.4, 0.5) is 10.3 Å². The molecule has 1 heterocycles. The van der Waals surface area contributed by atoms with Crippen LogP contribution in [0.1, 0.15) is 5.56 Å². The molecule has 3 nitrogen and oxygen atoms in total. The molecule has 0 aliphatic heterocycles. The Balaban J connectivity index is 2.64. The third-order valence-corrected chi connectivity index (χ3v) is 2.78. The molecule has 0 atom stereocenters. The Labute approximate surface area is 94.2 Å². The van der Waals surface area contributed by atoms with E-state index in [-0.39, 0.29) is 11.7 Å². The van der Waals surface area contributed by atoms with Crippen LogP contribution in [0.15, 0.2) is 27.2 Å². The van der Waals surface area contributed by atoms with Crippen molar-refractivity contribution in [2.75, 3.05) is 5.73 Å². The molecule has 0 fully saturated rings. The van der Waals surface area contributed by atoms with Gasteiger partial charge in [0.05, 0.1) is 4.47 Å². The molecule has 0 aliphatic carbocycles. The molecule has 78 valence electrons. The summed E-state index contributed by atoms with van der Waals surface area (Å²) >= 11 is 3.11. The van der Waals surface area contributed by atoms with Crippen LogP contribution in [0.5, 0.6) is 0 Å². The zero-order valence-electron chi connectivity index (χ0n) is 7.92. The van der Waals surface area contributed by atoms with E-state index in [9.17, 15) is 4.39 Å². The van der Waals surface area contributed by atoms with E-state index in [0.717, 1.165) is 0 Å². The Morgan fingerprint density at radius 1 is 1.47 bits per heavy atom. The first kappa shape index (κ1) is 10.2. The number of nitrogens with two attached hydrogens (primary N) is 1. The lowest BCUT2D eigenvalue weighted by atomic mass is 10.1. The van der Waals surface area contributed by atoms with Gasteiger partial charge in [-0.1, -0.05) is 11.2 Å². The predicted octanol–water partition coefficient (Wildman–Crippen LogP) is 3.13. The molecule has 0 amide bonds. The molecule has 0 aliphatic rings. The third kappa shape index (κ3) is 1.63. The average Bonchev–Trinajstić information content (AvgIpc) is 2.53. The van der Waals surface area contributed by atoms with Crippen molar-refractivity contribution >= 4 is 21.8 Å². The highest BCUT2D eigenvalue weighted by atomic mass is 79.9. The number of aromatic nitrogens is 1. The van der Waals surface area contributed by atoms with Crippen molar-refractivity contribution < 1.29 is 8.91 Å². The molecule has 0 saturated carbocycles. The highest BCUT2D eigenvalue weighted by molar-refractivity contribution is 9.10. The number of rotatable bonds is 1. The van der Waals surface area contributed by atoms with Gasteiger partial charge in [-0.3, -0.25) is 0 Å². The SMILES string of the molecule is Cc1c(-c2cccc(Br)c2F)noc1N. The van der Waals surface area contributed by atoms with E-state index in [2.05, 4.69) is 21.1 Å². The first-order chi connectivity index (χ1) is 7.11. The number of hydrogen-bond donors (Lipinski definition) is 1. The van der Waals surface area contributed by atoms with Crippen LogP contribution in [0.2, 0.25) is 0 Å². The van der Waals surface area contributed by atoms with Crippen molar-refractivity contribution in [3.8, 4) is 11.3 Å². The maximum Gasteiger partial charge on any atom is 0.225 e. The summed E-state index contributed by atoms with van der Waals surface area (Å²) in [5.74, 6) is -0.154. The topological polar surface area (TPSA) is 52.0 Å². The average molecular weight is 271 g/mol. The summed E-state index contributed by atoms with van der Waals surface area (Å²) in [4.78, 5) is 0. The molecule has 0 unspecified atom stereocenters. The minimum Gasteiger partial charge on any atom is -0.367 e. The molecular weight excluding hydrogens is 263 g/mol. The summed E-state index contributed by atoms with van der Waals surface area (Å²) in [6.45, 7) is 1.74. The zero-order chi connectivity index (χ0) is 11.0. The van der Waals surface area contributed by atoms with E-state index in [1.54, 1.807) is 25.1 Å². The van der Waals surface area contributed by atoms with E-state index < -0.39 is 0 Å². The van der Waals surface area contributed by atoms with E-state index in [4.69, 9.17) is 10.3 Å². The molecule has 2 N–H and O–H groups in total. The molecular formula is C10H8BrFN2O. The summed E-state index contributed by atoms with van der Waals surface area (Å²) in [5.41, 5.74) is 6.96. The maximum absolute atomic E-state index is 13.7. The first-order valence-electron chi connectivity index (χ1n) is 4.27. The molecule has 0 saturated heterocycles. The number of halogens is 2. The Hall–Kier alpha value is -1.36. The van der Waals surface area contributed by atoms with E-state index in [1.807, 2.05) is 0 Å². The molecule has 2 rings (SSSR count). The van der Waals surface area contributed by atoms with Crippen molar-refractivity contribution in [1.29, 1.82) is 0 Å². The van der Waals surface area contributed by atoms with Gasteiger partial charge in [0.15, 0.2) is 0 Å². The van der Waals surface area contributed by atoms with Gasteiger partial charge >= 0.3 is 0 Å². The summed E-state index contributed by atoms with van der Waals surface area (Å²) in [5, 5.41) is 3.73. The molecule has 0 bridgehead atoms. The molecule has 0 spiro atoms. The van der Waals surface area contributed by atoms with Gasteiger partial charge in [0.1, 0.15) is 11.5 Å². The second kappa shape index (κ2) is 3.66. The van der Waals surface area contributed by atoms with Crippen LogP contribution in [-0.2, 0) is 0 Å². The van der Waals surface area contributed by atoms with E-state index in [1.165, 1.54) is 0 Å². The quantitative estimate of drug-likeness (QED) is 0.866. The fourth-order valence-electron chi connectivity index (χ4n) is 1.29. The van der Waals surface area contributed by atoms with Crippen molar-refractivity contribution in [2.24, 2.45) is 0 Å². The van der Waals surface area contributed by atoms with Gasteiger partial charge in [0.2, 0.25) is 5.88 Å². The second-order valence-corrected chi connectivity index (χ2v) is 3.98. The van der Waals surface area contributed by atoms with E-state index in [0.29, 0.717) is 21.3 Å². The number of hydrogen-bond acceptors (Lipinski definition) is 3. The van der Waals surface area contributed by atoms with Gasteiger partial charge in [0.25, 0.3) is 0 Å². The van der Waals surface area contributed by atoms with Crippen molar-refractivity contribution in [3.63, 3.8) is 0 Å². The lowest BCUT2D eigenvalue weighted by Gasteiger charge is -2.01. The molecule has 15 heavy (non-hydrogen) atoms. The van der Waals surface area contributed by atoms with Crippen LogP contribution < -0.4 is 5.73 Å². The summed E-state index contributed by atoms with van der Waals surface area (Å²) in [7, 11) is 0. The standard InChI is InChI=1S/C10H8BrFN2O/c1-5-9(14-15-10(5)13)6-3-2-4-7(11)8(6)12/h2-4H,13H2,1H3. The smallest absolute Gasteiger partial charge is 0.225 e. The first-order valence-corrected chi connectivity index (χ1v) is 5.06. The summed E-state index contributed by atoms with van der Waals surface area (Å²) in [6, 6.07) is 4.98. The van der Waals surface area contributed by atoms with Crippen LogP contribution in [0, 0.1) is 12.7 Å². The minimum absolute atomic E-state index is 0.212. The fourth-order valence-corrected chi connectivity index (χ4v) is 1.65. The Morgan fingerprint density at radius 2 is 2.20 bits per heavy atom. The van der Waals surface area contributed by atoms with Gasteiger partial charge in [0, 0.05) is 11.1 Å². The second-order valence-electron chi connectivity index (χ2n) is 3.12. The third-order valence-electron chi connectivity index (χ3n) is 2.17. The molecule has 1 aromatic heterocycles. The monoisotopic (exact) mass is 270 g/mol. The summed E-state index contributed by atoms with van der Waals surface area (Å²) < 4.78 is 18.9.